The summed E-state index contributed by atoms with van der Waals surface area (Å²) in [5, 5.41) is 15.3. The van der Waals surface area contributed by atoms with Crippen LogP contribution in [-0.2, 0) is 0 Å². The SMILES string of the molecule is c1ccc(-c2nnc(-c3ccccc3)n2-c2ccc(-n3c4ccccc4c4cc5nc6c7ccccc7c7ccccc7n6c5cc43)cc2)cc1. The molecule has 6 nitrogen and oxygen atoms in total. The fraction of sp³-hybridized carbons (Fsp3) is 0. The van der Waals surface area contributed by atoms with Gasteiger partial charge < -0.3 is 4.57 Å². The number of nitrogens with zero attached hydrogens (tertiary/aromatic N) is 6. The van der Waals surface area contributed by atoms with Crippen molar-refractivity contribution in [2.45, 2.75) is 0 Å². The Labute approximate surface area is 292 Å². The molecule has 0 saturated carbocycles. The molecule has 0 fully saturated rings. The molecule has 4 aromatic heterocycles. The monoisotopic (exact) mass is 652 g/mol. The van der Waals surface area contributed by atoms with E-state index in [1.165, 1.54) is 21.5 Å². The van der Waals surface area contributed by atoms with Crippen LogP contribution in [0.25, 0.3) is 94.3 Å². The number of imidazole rings is 1. The van der Waals surface area contributed by atoms with Crippen LogP contribution in [0.5, 0.6) is 0 Å². The lowest BCUT2D eigenvalue weighted by Crippen LogP contribution is -2.01. The van der Waals surface area contributed by atoms with Gasteiger partial charge in [-0.3, -0.25) is 8.97 Å². The largest absolute Gasteiger partial charge is 0.309 e. The molecule has 7 aromatic carbocycles. The molecular weight excluding hydrogens is 625 g/mol. The molecule has 0 N–H and O–H groups in total. The van der Waals surface area contributed by atoms with E-state index in [1.807, 2.05) is 36.4 Å². The van der Waals surface area contributed by atoms with E-state index in [4.69, 9.17) is 4.98 Å². The number of benzene rings is 7. The van der Waals surface area contributed by atoms with Crippen molar-refractivity contribution in [2.75, 3.05) is 0 Å². The summed E-state index contributed by atoms with van der Waals surface area (Å²) in [5.41, 5.74) is 10.6. The number of aromatic nitrogens is 6. The summed E-state index contributed by atoms with van der Waals surface area (Å²) in [6, 6.07) is 59.7. The van der Waals surface area contributed by atoms with Gasteiger partial charge in [0.15, 0.2) is 11.6 Å². The fourth-order valence-corrected chi connectivity index (χ4v) is 7.88. The van der Waals surface area contributed by atoms with Gasteiger partial charge in [0.2, 0.25) is 0 Å². The number of rotatable bonds is 4. The maximum Gasteiger partial charge on any atom is 0.168 e. The highest BCUT2D eigenvalue weighted by Crippen LogP contribution is 2.38. The van der Waals surface area contributed by atoms with Gasteiger partial charge >= 0.3 is 0 Å². The number of fused-ring (bicyclic) bond motifs is 11. The standard InChI is InChI=1S/C45H28N6/c1-3-13-29(14-4-1)43-47-48-44(30-15-5-2-6-16-30)50(43)32-25-23-31(24-26-32)49-39-21-11-10-19-35(39)37-27-38-42(28-41(37)49)51-40-22-12-9-18-34(40)33-17-7-8-20-36(33)45(51)46-38/h1-28H. The third kappa shape index (κ3) is 4.07. The van der Waals surface area contributed by atoms with Gasteiger partial charge in [0, 0.05) is 44.0 Å². The van der Waals surface area contributed by atoms with Crippen molar-refractivity contribution in [2.24, 2.45) is 0 Å². The van der Waals surface area contributed by atoms with Crippen molar-refractivity contribution >= 4 is 60.2 Å². The first-order chi connectivity index (χ1) is 25.3. The van der Waals surface area contributed by atoms with Crippen molar-refractivity contribution in [3.8, 4) is 34.2 Å². The van der Waals surface area contributed by atoms with Gasteiger partial charge in [-0.2, -0.15) is 0 Å². The maximum absolute atomic E-state index is 5.28. The van der Waals surface area contributed by atoms with Crippen LogP contribution in [0.2, 0.25) is 0 Å². The first kappa shape index (κ1) is 27.9. The number of pyridine rings is 1. The molecule has 0 amide bonds. The molecule has 0 atom stereocenters. The quantitative estimate of drug-likeness (QED) is 0.178. The first-order valence-corrected chi connectivity index (χ1v) is 17.1. The molecule has 238 valence electrons. The number of hydrogen-bond acceptors (Lipinski definition) is 3. The lowest BCUT2D eigenvalue weighted by atomic mass is 10.1. The molecule has 0 aliphatic carbocycles. The van der Waals surface area contributed by atoms with Gasteiger partial charge in [0.25, 0.3) is 0 Å². The molecule has 6 heteroatoms. The predicted octanol–water partition coefficient (Wildman–Crippen LogP) is 10.8. The van der Waals surface area contributed by atoms with E-state index in [0.29, 0.717) is 0 Å². The molecule has 11 rings (SSSR count). The van der Waals surface area contributed by atoms with Gasteiger partial charge in [-0.15, -0.1) is 10.2 Å². The Bertz CT molecular complexity index is 3060. The Balaban J connectivity index is 1.15. The van der Waals surface area contributed by atoms with Gasteiger partial charge in [0.1, 0.15) is 5.65 Å². The summed E-state index contributed by atoms with van der Waals surface area (Å²) in [5.74, 6) is 1.60. The van der Waals surface area contributed by atoms with E-state index >= 15 is 0 Å². The molecule has 0 bridgehead atoms. The highest BCUT2D eigenvalue weighted by molar-refractivity contribution is 6.17. The van der Waals surface area contributed by atoms with Crippen LogP contribution >= 0.6 is 0 Å². The molecule has 0 unspecified atom stereocenters. The van der Waals surface area contributed by atoms with Crippen molar-refractivity contribution in [3.63, 3.8) is 0 Å². The fourth-order valence-electron chi connectivity index (χ4n) is 7.88. The van der Waals surface area contributed by atoms with E-state index in [1.54, 1.807) is 0 Å². The lowest BCUT2D eigenvalue weighted by molar-refractivity contribution is 1.07. The first-order valence-electron chi connectivity index (χ1n) is 17.1. The van der Waals surface area contributed by atoms with E-state index in [-0.39, 0.29) is 0 Å². The molecule has 0 spiro atoms. The van der Waals surface area contributed by atoms with Crippen molar-refractivity contribution in [1.82, 2.24) is 28.7 Å². The minimum Gasteiger partial charge on any atom is -0.309 e. The predicted molar refractivity (Wildman–Crippen MR) is 208 cm³/mol. The summed E-state index contributed by atoms with van der Waals surface area (Å²) < 4.78 is 6.86. The Morgan fingerprint density at radius 1 is 0.353 bits per heavy atom. The van der Waals surface area contributed by atoms with E-state index in [2.05, 4.69) is 157 Å². The van der Waals surface area contributed by atoms with Crippen LogP contribution < -0.4 is 0 Å². The second-order valence-corrected chi connectivity index (χ2v) is 13.0. The minimum atomic E-state index is 0.800. The Kier molecular flexibility index (Phi) is 5.86. The van der Waals surface area contributed by atoms with Gasteiger partial charge in [0.05, 0.1) is 27.6 Å². The van der Waals surface area contributed by atoms with E-state index in [0.717, 1.165) is 72.8 Å². The van der Waals surface area contributed by atoms with Gasteiger partial charge in [-0.25, -0.2) is 4.98 Å². The second kappa shape index (κ2) is 10.7. The summed E-state index contributed by atoms with van der Waals surface area (Å²) in [4.78, 5) is 5.28. The molecule has 11 aromatic rings. The zero-order chi connectivity index (χ0) is 33.5. The zero-order valence-corrected chi connectivity index (χ0v) is 27.3. The topological polar surface area (TPSA) is 52.9 Å². The third-order valence-corrected chi connectivity index (χ3v) is 10.1. The van der Waals surface area contributed by atoms with Crippen LogP contribution in [0.1, 0.15) is 0 Å². The second-order valence-electron chi connectivity index (χ2n) is 13.0. The number of hydrogen-bond donors (Lipinski definition) is 0. The summed E-state index contributed by atoms with van der Waals surface area (Å²) in [6.07, 6.45) is 0. The molecule has 0 saturated heterocycles. The highest BCUT2D eigenvalue weighted by Gasteiger charge is 2.20. The number of para-hydroxylation sites is 2. The molecule has 0 aliphatic rings. The van der Waals surface area contributed by atoms with Crippen LogP contribution in [0.15, 0.2) is 170 Å². The van der Waals surface area contributed by atoms with Crippen LogP contribution in [0, 0.1) is 0 Å². The maximum atomic E-state index is 5.28. The van der Waals surface area contributed by atoms with E-state index in [9.17, 15) is 0 Å². The lowest BCUT2D eigenvalue weighted by Gasteiger charge is -2.13. The smallest absolute Gasteiger partial charge is 0.168 e. The summed E-state index contributed by atoms with van der Waals surface area (Å²) >= 11 is 0. The Hall–Kier alpha value is -7.05. The average Bonchev–Trinajstić information content (AvgIpc) is 3.90. The molecule has 0 aliphatic heterocycles. The Morgan fingerprint density at radius 2 is 0.863 bits per heavy atom. The van der Waals surface area contributed by atoms with Gasteiger partial charge in [-0.05, 0) is 53.9 Å². The molecular formula is C45H28N6. The molecule has 4 heterocycles. The summed E-state index contributed by atoms with van der Waals surface area (Å²) in [6.45, 7) is 0. The minimum absolute atomic E-state index is 0.800. The van der Waals surface area contributed by atoms with Crippen molar-refractivity contribution in [1.29, 1.82) is 0 Å². The van der Waals surface area contributed by atoms with Gasteiger partial charge in [-0.1, -0.05) is 121 Å². The Morgan fingerprint density at radius 3 is 1.51 bits per heavy atom. The molecule has 51 heavy (non-hydrogen) atoms. The normalized spacial score (nSPS) is 11.9. The van der Waals surface area contributed by atoms with Crippen molar-refractivity contribution < 1.29 is 0 Å². The third-order valence-electron chi connectivity index (χ3n) is 10.1. The van der Waals surface area contributed by atoms with Crippen LogP contribution in [0.4, 0.5) is 0 Å². The van der Waals surface area contributed by atoms with Crippen LogP contribution in [-0.4, -0.2) is 28.7 Å². The van der Waals surface area contributed by atoms with Crippen molar-refractivity contribution in [3.05, 3.63) is 170 Å². The zero-order valence-electron chi connectivity index (χ0n) is 27.3. The highest BCUT2D eigenvalue weighted by atomic mass is 15.3. The van der Waals surface area contributed by atoms with Crippen LogP contribution in [0.3, 0.4) is 0 Å². The van der Waals surface area contributed by atoms with E-state index < -0.39 is 0 Å². The summed E-state index contributed by atoms with van der Waals surface area (Å²) in [7, 11) is 0. The average molecular weight is 653 g/mol. The molecule has 0 radical (unpaired) electrons.